The summed E-state index contributed by atoms with van der Waals surface area (Å²) in [5.41, 5.74) is 2.53. The van der Waals surface area contributed by atoms with E-state index in [-0.39, 0.29) is 17.6 Å². The van der Waals surface area contributed by atoms with Gasteiger partial charge in [0, 0.05) is 43.4 Å². The fraction of sp³-hybridized carbons (Fsp3) is 0.316. The maximum absolute atomic E-state index is 12.8. The van der Waals surface area contributed by atoms with Crippen molar-refractivity contribution in [3.05, 3.63) is 68.7 Å². The van der Waals surface area contributed by atoms with Crippen LogP contribution in [-0.2, 0) is 0 Å². The van der Waals surface area contributed by atoms with E-state index in [1.807, 2.05) is 43.0 Å². The van der Waals surface area contributed by atoms with Crippen molar-refractivity contribution in [2.24, 2.45) is 0 Å². The Hall–Kier alpha value is -2.60. The number of carbonyl (C=O) groups is 1. The molecule has 0 unspecified atom stereocenters. The summed E-state index contributed by atoms with van der Waals surface area (Å²) >= 11 is 6.24. The largest absolute Gasteiger partial charge is 0.366 e. The molecule has 2 aromatic rings. The predicted octanol–water partition coefficient (Wildman–Crippen LogP) is 3.91. The molecule has 0 aliphatic carbocycles. The van der Waals surface area contributed by atoms with Gasteiger partial charge < -0.3 is 9.80 Å². The number of carbonyl (C=O) groups excluding carboxylic acids is 1. The molecule has 136 valence electrons. The fourth-order valence-corrected chi connectivity index (χ4v) is 3.50. The van der Waals surface area contributed by atoms with Crippen LogP contribution in [0.2, 0.25) is 5.02 Å². The van der Waals surface area contributed by atoms with Crippen molar-refractivity contribution < 1.29 is 9.72 Å². The predicted molar refractivity (Wildman–Crippen MR) is 102 cm³/mol. The molecular weight excluding hydrogens is 354 g/mol. The third kappa shape index (κ3) is 3.65. The lowest BCUT2D eigenvalue weighted by Gasteiger charge is -2.41. The SMILES string of the molecule is Cc1ccc(C(=O)N2CCN(c3ccc([N+](=O)[O-])cc3Cl)C[C@@H]2C)cc1. The van der Waals surface area contributed by atoms with Gasteiger partial charge in [-0.3, -0.25) is 14.9 Å². The van der Waals surface area contributed by atoms with E-state index in [4.69, 9.17) is 11.6 Å². The van der Waals surface area contributed by atoms with Gasteiger partial charge >= 0.3 is 0 Å². The molecule has 1 atom stereocenters. The van der Waals surface area contributed by atoms with Gasteiger partial charge in [0.2, 0.25) is 0 Å². The molecule has 1 heterocycles. The Balaban J connectivity index is 1.73. The summed E-state index contributed by atoms with van der Waals surface area (Å²) in [4.78, 5) is 27.1. The van der Waals surface area contributed by atoms with Crippen molar-refractivity contribution in [1.82, 2.24) is 4.90 Å². The number of halogens is 1. The summed E-state index contributed by atoms with van der Waals surface area (Å²) < 4.78 is 0. The van der Waals surface area contributed by atoms with Gasteiger partial charge in [0.1, 0.15) is 0 Å². The van der Waals surface area contributed by atoms with Gasteiger partial charge in [0.15, 0.2) is 0 Å². The molecule has 2 aromatic carbocycles. The third-order valence-electron chi connectivity index (χ3n) is 4.67. The topological polar surface area (TPSA) is 66.7 Å². The van der Waals surface area contributed by atoms with Crippen LogP contribution in [0.3, 0.4) is 0 Å². The van der Waals surface area contributed by atoms with Gasteiger partial charge in [-0.2, -0.15) is 0 Å². The zero-order valence-electron chi connectivity index (χ0n) is 14.7. The van der Waals surface area contributed by atoms with E-state index in [2.05, 4.69) is 4.90 Å². The molecule has 6 nitrogen and oxygen atoms in total. The van der Waals surface area contributed by atoms with E-state index in [9.17, 15) is 14.9 Å². The standard InChI is InChI=1S/C19H20ClN3O3/c1-13-3-5-15(6-4-13)19(24)22-10-9-21(12-14(22)2)18-8-7-16(23(25)26)11-17(18)20/h3-8,11,14H,9-10,12H2,1-2H3/t14-/m0/s1. The Labute approximate surface area is 157 Å². The Morgan fingerprint density at radius 3 is 2.46 bits per heavy atom. The van der Waals surface area contributed by atoms with E-state index in [1.165, 1.54) is 12.1 Å². The number of nitrogens with zero attached hydrogens (tertiary/aromatic N) is 3. The molecule has 0 saturated carbocycles. The molecule has 1 aliphatic heterocycles. The lowest BCUT2D eigenvalue weighted by molar-refractivity contribution is -0.384. The maximum Gasteiger partial charge on any atom is 0.271 e. The summed E-state index contributed by atoms with van der Waals surface area (Å²) in [6.07, 6.45) is 0. The van der Waals surface area contributed by atoms with E-state index in [0.29, 0.717) is 30.2 Å². The fourth-order valence-electron chi connectivity index (χ4n) is 3.21. The van der Waals surface area contributed by atoms with E-state index >= 15 is 0 Å². The van der Waals surface area contributed by atoms with Gasteiger partial charge in [-0.15, -0.1) is 0 Å². The number of rotatable bonds is 3. The highest BCUT2D eigenvalue weighted by atomic mass is 35.5. The van der Waals surface area contributed by atoms with Crippen LogP contribution >= 0.6 is 11.6 Å². The van der Waals surface area contributed by atoms with Crippen molar-refractivity contribution in [1.29, 1.82) is 0 Å². The second-order valence-corrected chi connectivity index (χ2v) is 6.96. The third-order valence-corrected chi connectivity index (χ3v) is 4.97. The first-order chi connectivity index (χ1) is 12.4. The highest BCUT2D eigenvalue weighted by Gasteiger charge is 2.29. The van der Waals surface area contributed by atoms with Gasteiger partial charge in [0.05, 0.1) is 15.6 Å². The minimum Gasteiger partial charge on any atom is -0.366 e. The zero-order chi connectivity index (χ0) is 18.8. The molecule has 0 spiro atoms. The van der Waals surface area contributed by atoms with Crippen LogP contribution in [-0.4, -0.2) is 41.4 Å². The second kappa shape index (κ2) is 7.33. The molecule has 26 heavy (non-hydrogen) atoms. The number of aryl methyl sites for hydroxylation is 1. The van der Waals surface area contributed by atoms with Crippen LogP contribution in [0.5, 0.6) is 0 Å². The highest BCUT2D eigenvalue weighted by Crippen LogP contribution is 2.31. The lowest BCUT2D eigenvalue weighted by atomic mass is 10.1. The molecule has 0 aromatic heterocycles. The van der Waals surface area contributed by atoms with Crippen molar-refractivity contribution in [2.75, 3.05) is 24.5 Å². The van der Waals surface area contributed by atoms with Crippen LogP contribution in [0.25, 0.3) is 0 Å². The molecule has 1 aliphatic rings. The second-order valence-electron chi connectivity index (χ2n) is 6.55. The van der Waals surface area contributed by atoms with Crippen LogP contribution in [0.15, 0.2) is 42.5 Å². The minimum absolute atomic E-state index is 0.00353. The first-order valence-corrected chi connectivity index (χ1v) is 8.81. The lowest BCUT2D eigenvalue weighted by Crippen LogP contribution is -2.54. The summed E-state index contributed by atoms with van der Waals surface area (Å²) in [7, 11) is 0. The van der Waals surface area contributed by atoms with Gasteiger partial charge in [-0.05, 0) is 32.0 Å². The van der Waals surface area contributed by atoms with E-state index < -0.39 is 4.92 Å². The first kappa shape index (κ1) is 18.2. The number of nitro benzene ring substituents is 1. The maximum atomic E-state index is 12.8. The monoisotopic (exact) mass is 373 g/mol. The average molecular weight is 374 g/mol. The van der Waals surface area contributed by atoms with E-state index in [1.54, 1.807) is 6.07 Å². The summed E-state index contributed by atoms with van der Waals surface area (Å²) in [5, 5.41) is 11.2. The number of hydrogen-bond donors (Lipinski definition) is 0. The van der Waals surface area contributed by atoms with Crippen LogP contribution in [0.1, 0.15) is 22.8 Å². The number of amides is 1. The molecule has 0 radical (unpaired) electrons. The van der Waals surface area contributed by atoms with Crippen molar-refractivity contribution in [3.63, 3.8) is 0 Å². The average Bonchev–Trinajstić information content (AvgIpc) is 2.61. The first-order valence-electron chi connectivity index (χ1n) is 8.43. The normalized spacial score (nSPS) is 17.3. The highest BCUT2D eigenvalue weighted by molar-refractivity contribution is 6.33. The van der Waals surface area contributed by atoms with Crippen LogP contribution in [0, 0.1) is 17.0 Å². The van der Waals surface area contributed by atoms with Crippen molar-refractivity contribution in [3.8, 4) is 0 Å². The van der Waals surface area contributed by atoms with Gasteiger partial charge in [0.25, 0.3) is 11.6 Å². The van der Waals surface area contributed by atoms with Crippen molar-refractivity contribution >= 4 is 28.9 Å². The van der Waals surface area contributed by atoms with Gasteiger partial charge in [-0.25, -0.2) is 0 Å². The summed E-state index contributed by atoms with van der Waals surface area (Å²) in [5.74, 6) is 0.0203. The van der Waals surface area contributed by atoms with Crippen LogP contribution < -0.4 is 4.90 Å². The van der Waals surface area contributed by atoms with Gasteiger partial charge in [-0.1, -0.05) is 29.3 Å². The Morgan fingerprint density at radius 2 is 1.88 bits per heavy atom. The van der Waals surface area contributed by atoms with Crippen LogP contribution in [0.4, 0.5) is 11.4 Å². The molecule has 3 rings (SSSR count). The number of non-ortho nitro benzene ring substituents is 1. The molecule has 0 N–H and O–H groups in total. The Kier molecular flexibility index (Phi) is 5.13. The minimum atomic E-state index is -0.462. The molecule has 0 bridgehead atoms. The number of benzene rings is 2. The van der Waals surface area contributed by atoms with Crippen molar-refractivity contribution in [2.45, 2.75) is 19.9 Å². The smallest absolute Gasteiger partial charge is 0.271 e. The molecule has 7 heteroatoms. The quantitative estimate of drug-likeness (QED) is 0.604. The number of piperazine rings is 1. The Morgan fingerprint density at radius 1 is 1.19 bits per heavy atom. The Bertz CT molecular complexity index is 838. The summed E-state index contributed by atoms with van der Waals surface area (Å²) in [6, 6.07) is 12.1. The van der Waals surface area contributed by atoms with E-state index in [0.717, 1.165) is 11.3 Å². The number of hydrogen-bond acceptors (Lipinski definition) is 4. The number of anilines is 1. The number of nitro groups is 1. The summed E-state index contributed by atoms with van der Waals surface area (Å²) in [6.45, 7) is 5.80. The molecule has 1 amide bonds. The molecule has 1 fully saturated rings. The molecular formula is C19H20ClN3O3. The zero-order valence-corrected chi connectivity index (χ0v) is 15.4. The molecule has 1 saturated heterocycles.